The van der Waals surface area contributed by atoms with Crippen molar-refractivity contribution in [1.29, 1.82) is 0 Å². The summed E-state index contributed by atoms with van der Waals surface area (Å²) in [5.74, 6) is -0.143. The van der Waals surface area contributed by atoms with Gasteiger partial charge in [-0.15, -0.1) is 0 Å². The van der Waals surface area contributed by atoms with Gasteiger partial charge in [0.15, 0.2) is 12.6 Å². The Labute approximate surface area is 165 Å². The molecule has 1 aromatic rings. The predicted octanol–water partition coefficient (Wildman–Crippen LogP) is 2.63. The molecule has 2 N–H and O–H groups in total. The highest BCUT2D eigenvalue weighted by Gasteiger charge is 2.31. The van der Waals surface area contributed by atoms with Crippen molar-refractivity contribution < 1.29 is 14.5 Å². The number of anilines is 1. The van der Waals surface area contributed by atoms with Crippen LogP contribution in [-0.2, 0) is 9.59 Å². The normalized spacial score (nSPS) is 17.4. The first kappa shape index (κ1) is 21.0. The van der Waals surface area contributed by atoms with E-state index in [0.29, 0.717) is 21.8 Å². The molecule has 0 heterocycles. The van der Waals surface area contributed by atoms with E-state index in [2.05, 4.69) is 5.32 Å². The number of halogens is 2. The zero-order chi connectivity index (χ0) is 19.3. The minimum atomic E-state index is -0.297. The van der Waals surface area contributed by atoms with E-state index >= 15 is 0 Å². The number of carbonyl (C=O) groups is 2. The van der Waals surface area contributed by atoms with Gasteiger partial charge in [0.05, 0.1) is 22.8 Å². The first-order valence-electron chi connectivity index (χ1n) is 9.14. The predicted molar refractivity (Wildman–Crippen MR) is 106 cm³/mol. The summed E-state index contributed by atoms with van der Waals surface area (Å²) in [6.45, 7) is 2.03. The molecular weight excluding hydrogens is 373 g/mol. The number of hydrogen-bond donors (Lipinski definition) is 2. The molecule has 1 aliphatic carbocycles. The third kappa shape index (κ3) is 5.35. The van der Waals surface area contributed by atoms with Crippen LogP contribution in [0.25, 0.3) is 0 Å². The Kier molecular flexibility index (Phi) is 7.74. The van der Waals surface area contributed by atoms with E-state index < -0.39 is 0 Å². The maximum Gasteiger partial charge on any atom is 0.280 e. The van der Waals surface area contributed by atoms with E-state index in [0.717, 1.165) is 17.7 Å². The van der Waals surface area contributed by atoms with Gasteiger partial charge in [0.2, 0.25) is 0 Å². The van der Waals surface area contributed by atoms with Crippen molar-refractivity contribution in [3.05, 3.63) is 28.2 Å². The van der Waals surface area contributed by atoms with Gasteiger partial charge in [0.1, 0.15) is 0 Å². The van der Waals surface area contributed by atoms with E-state index in [1.54, 1.807) is 18.2 Å². The van der Waals surface area contributed by atoms with Gasteiger partial charge in [-0.05, 0) is 31.9 Å². The SMILES string of the molecule is C[C@H](C(=O)N(C)C1CCCCC1)[NH+](C)CC(=O)Nc1c(Cl)cccc1Cl. The molecule has 2 atom stereocenters. The lowest BCUT2D eigenvalue weighted by Crippen LogP contribution is -3.15. The van der Waals surface area contributed by atoms with E-state index in [9.17, 15) is 9.59 Å². The van der Waals surface area contributed by atoms with Crippen molar-refractivity contribution in [2.75, 3.05) is 26.0 Å². The lowest BCUT2D eigenvalue weighted by molar-refractivity contribution is -0.886. The number of benzene rings is 1. The number of likely N-dealkylation sites (N-methyl/N-ethyl adjacent to an activating group) is 2. The quantitative estimate of drug-likeness (QED) is 0.770. The molecule has 1 aliphatic rings. The summed E-state index contributed by atoms with van der Waals surface area (Å²) in [5, 5.41) is 3.53. The van der Waals surface area contributed by atoms with Crippen LogP contribution in [0, 0.1) is 0 Å². The molecule has 144 valence electrons. The van der Waals surface area contributed by atoms with Gasteiger partial charge in [0.25, 0.3) is 11.8 Å². The van der Waals surface area contributed by atoms with Crippen molar-refractivity contribution in [2.45, 2.75) is 51.1 Å². The number of nitrogens with zero attached hydrogens (tertiary/aromatic N) is 1. The molecule has 1 saturated carbocycles. The van der Waals surface area contributed by atoms with Crippen LogP contribution in [0.5, 0.6) is 0 Å². The van der Waals surface area contributed by atoms with E-state index in [1.807, 2.05) is 25.9 Å². The Balaban J connectivity index is 1.92. The van der Waals surface area contributed by atoms with Gasteiger partial charge in [-0.1, -0.05) is 48.5 Å². The van der Waals surface area contributed by atoms with Crippen LogP contribution in [0.15, 0.2) is 18.2 Å². The third-order valence-electron chi connectivity index (χ3n) is 5.25. The monoisotopic (exact) mass is 400 g/mol. The largest absolute Gasteiger partial charge is 0.338 e. The summed E-state index contributed by atoms with van der Waals surface area (Å²) in [6, 6.07) is 5.09. The standard InChI is InChI=1S/C19H27Cl2N3O2/c1-13(19(26)24(3)14-8-5-4-6-9-14)23(2)12-17(25)22-18-15(20)10-7-11-16(18)21/h7,10-11,13-14H,4-6,8-9,12H2,1-3H3,(H,22,25)/p+1/t13-/m1/s1. The van der Waals surface area contributed by atoms with Gasteiger partial charge in [-0.3, -0.25) is 9.59 Å². The van der Waals surface area contributed by atoms with Crippen LogP contribution in [0.4, 0.5) is 5.69 Å². The van der Waals surface area contributed by atoms with Crippen molar-refractivity contribution in [1.82, 2.24) is 4.90 Å². The second-order valence-corrected chi connectivity index (χ2v) is 7.95. The Bertz CT molecular complexity index is 627. The van der Waals surface area contributed by atoms with Gasteiger partial charge < -0.3 is 15.1 Å². The molecule has 2 rings (SSSR count). The summed E-state index contributed by atoms with van der Waals surface area (Å²) < 4.78 is 0. The highest BCUT2D eigenvalue weighted by Crippen LogP contribution is 2.29. The van der Waals surface area contributed by atoms with Crippen molar-refractivity contribution in [3.63, 3.8) is 0 Å². The number of quaternary nitrogens is 1. The molecule has 1 aromatic carbocycles. The van der Waals surface area contributed by atoms with Gasteiger partial charge in [-0.25, -0.2) is 0 Å². The van der Waals surface area contributed by atoms with Crippen LogP contribution in [-0.4, -0.2) is 49.4 Å². The van der Waals surface area contributed by atoms with Crippen LogP contribution in [0.3, 0.4) is 0 Å². The summed E-state index contributed by atoms with van der Waals surface area (Å²) in [7, 11) is 3.73. The smallest absolute Gasteiger partial charge is 0.280 e. The Morgan fingerprint density at radius 2 is 1.81 bits per heavy atom. The van der Waals surface area contributed by atoms with Gasteiger partial charge >= 0.3 is 0 Å². The maximum atomic E-state index is 12.8. The highest BCUT2D eigenvalue weighted by molar-refractivity contribution is 6.39. The number of nitrogens with one attached hydrogen (secondary N) is 2. The highest BCUT2D eigenvalue weighted by atomic mass is 35.5. The number of amides is 2. The van der Waals surface area contributed by atoms with Crippen LogP contribution in [0.2, 0.25) is 10.0 Å². The molecule has 0 aliphatic heterocycles. The Hall–Kier alpha value is -1.30. The number of hydrogen-bond acceptors (Lipinski definition) is 2. The molecule has 1 unspecified atom stereocenters. The van der Waals surface area contributed by atoms with Crippen molar-refractivity contribution in [3.8, 4) is 0 Å². The number of para-hydroxylation sites is 1. The first-order valence-corrected chi connectivity index (χ1v) is 9.89. The Morgan fingerprint density at radius 1 is 1.23 bits per heavy atom. The van der Waals surface area contributed by atoms with E-state index in [4.69, 9.17) is 23.2 Å². The lowest BCUT2D eigenvalue weighted by atomic mass is 9.94. The third-order valence-corrected chi connectivity index (χ3v) is 5.88. The zero-order valence-electron chi connectivity index (χ0n) is 15.6. The topological polar surface area (TPSA) is 53.9 Å². The average molecular weight is 401 g/mol. The fraction of sp³-hybridized carbons (Fsp3) is 0.579. The molecule has 2 amide bonds. The molecule has 26 heavy (non-hydrogen) atoms. The minimum absolute atomic E-state index is 0.0815. The Morgan fingerprint density at radius 3 is 2.38 bits per heavy atom. The summed E-state index contributed by atoms with van der Waals surface area (Å²) in [6.07, 6.45) is 5.75. The molecule has 0 spiro atoms. The van der Waals surface area contributed by atoms with Crippen molar-refractivity contribution in [2.24, 2.45) is 0 Å². The van der Waals surface area contributed by atoms with E-state index in [-0.39, 0.29) is 24.4 Å². The maximum absolute atomic E-state index is 12.8. The average Bonchev–Trinajstić information content (AvgIpc) is 2.63. The van der Waals surface area contributed by atoms with Crippen LogP contribution < -0.4 is 10.2 Å². The molecule has 5 nitrogen and oxygen atoms in total. The molecule has 0 bridgehead atoms. The van der Waals surface area contributed by atoms with Gasteiger partial charge in [0, 0.05) is 13.1 Å². The molecule has 1 fully saturated rings. The molecule has 0 radical (unpaired) electrons. The number of rotatable bonds is 6. The second kappa shape index (κ2) is 9.58. The fourth-order valence-corrected chi connectivity index (χ4v) is 3.86. The second-order valence-electron chi connectivity index (χ2n) is 7.13. The summed E-state index contributed by atoms with van der Waals surface area (Å²) >= 11 is 12.2. The number of carbonyl (C=O) groups excluding carboxylic acids is 2. The van der Waals surface area contributed by atoms with Crippen LogP contribution >= 0.6 is 23.2 Å². The molecule has 0 saturated heterocycles. The lowest BCUT2D eigenvalue weighted by Gasteiger charge is -2.33. The molecular formula is C19H28Cl2N3O2+. The fourth-order valence-electron chi connectivity index (χ4n) is 3.37. The first-order chi connectivity index (χ1) is 12.3. The van der Waals surface area contributed by atoms with E-state index in [1.165, 1.54) is 19.3 Å². The summed E-state index contributed by atoms with van der Waals surface area (Å²) in [4.78, 5) is 27.8. The minimum Gasteiger partial charge on any atom is -0.338 e. The van der Waals surface area contributed by atoms with Crippen molar-refractivity contribution >= 4 is 40.7 Å². The molecule has 0 aromatic heterocycles. The van der Waals surface area contributed by atoms with Gasteiger partial charge in [-0.2, -0.15) is 0 Å². The zero-order valence-corrected chi connectivity index (χ0v) is 17.2. The summed E-state index contributed by atoms with van der Waals surface area (Å²) in [5.41, 5.74) is 0.409. The van der Waals surface area contributed by atoms with Crippen LogP contribution in [0.1, 0.15) is 39.0 Å². The molecule has 7 heteroatoms.